The lowest BCUT2D eigenvalue weighted by Gasteiger charge is -2.18. The monoisotopic (exact) mass is 252 g/mol. The third kappa shape index (κ3) is 2.32. The minimum absolute atomic E-state index is 0.0284. The number of benzene rings is 2. The fraction of sp³-hybridized carbons (Fsp3) is 0.188. The Morgan fingerprint density at radius 2 is 1.95 bits per heavy atom. The molecule has 0 radical (unpaired) electrons. The summed E-state index contributed by atoms with van der Waals surface area (Å²) in [7, 11) is 0. The summed E-state index contributed by atoms with van der Waals surface area (Å²) in [4.78, 5) is 12.4. The highest BCUT2D eigenvalue weighted by Gasteiger charge is 2.13. The number of hydrogen-bond acceptors (Lipinski definition) is 3. The molecule has 0 spiro atoms. The van der Waals surface area contributed by atoms with Crippen molar-refractivity contribution in [2.24, 2.45) is 0 Å². The number of carbonyl (C=O) groups excluding carboxylic acids is 1. The number of fused-ring (bicyclic) bond motifs is 1. The molecule has 0 atom stereocenters. The van der Waals surface area contributed by atoms with Gasteiger partial charge in [-0.2, -0.15) is 0 Å². The van der Waals surface area contributed by atoms with Gasteiger partial charge < -0.3 is 11.1 Å². The van der Waals surface area contributed by atoms with Gasteiger partial charge in [-0.1, -0.05) is 12.1 Å². The molecular formula is C16H16N2O. The van der Waals surface area contributed by atoms with Gasteiger partial charge in [0.1, 0.15) is 0 Å². The van der Waals surface area contributed by atoms with Crippen LogP contribution in [0.25, 0.3) is 0 Å². The van der Waals surface area contributed by atoms with Crippen LogP contribution in [0.4, 0.5) is 11.4 Å². The van der Waals surface area contributed by atoms with E-state index in [4.69, 9.17) is 5.73 Å². The van der Waals surface area contributed by atoms with Crippen molar-refractivity contribution in [3.8, 4) is 0 Å². The summed E-state index contributed by atoms with van der Waals surface area (Å²) in [6, 6.07) is 13.0. The fourth-order valence-corrected chi connectivity index (χ4v) is 2.46. The first-order valence-corrected chi connectivity index (χ1v) is 6.51. The minimum atomic E-state index is 0.0284. The Morgan fingerprint density at radius 1 is 1.11 bits per heavy atom. The van der Waals surface area contributed by atoms with Crippen LogP contribution in [0.15, 0.2) is 42.5 Å². The molecule has 19 heavy (non-hydrogen) atoms. The van der Waals surface area contributed by atoms with Crippen molar-refractivity contribution in [3.63, 3.8) is 0 Å². The third-order valence-electron chi connectivity index (χ3n) is 3.45. The van der Waals surface area contributed by atoms with Crippen LogP contribution in [0.3, 0.4) is 0 Å². The summed E-state index contributed by atoms with van der Waals surface area (Å²) >= 11 is 0. The Kier molecular flexibility index (Phi) is 2.95. The van der Waals surface area contributed by atoms with Crippen molar-refractivity contribution < 1.29 is 4.79 Å². The molecule has 1 aliphatic rings. The van der Waals surface area contributed by atoms with Crippen LogP contribution in [-0.4, -0.2) is 12.3 Å². The van der Waals surface area contributed by atoms with E-state index in [9.17, 15) is 4.79 Å². The molecule has 0 fully saturated rings. The van der Waals surface area contributed by atoms with Crippen molar-refractivity contribution in [2.75, 3.05) is 17.6 Å². The summed E-state index contributed by atoms with van der Waals surface area (Å²) < 4.78 is 0. The first-order valence-electron chi connectivity index (χ1n) is 6.51. The van der Waals surface area contributed by atoms with Gasteiger partial charge in [0, 0.05) is 29.0 Å². The number of hydrogen-bond donors (Lipinski definition) is 2. The predicted octanol–water partition coefficient (Wildman–Crippen LogP) is 2.86. The highest BCUT2D eigenvalue weighted by atomic mass is 16.1. The number of carbonyl (C=O) groups is 1. The quantitative estimate of drug-likeness (QED) is 0.638. The van der Waals surface area contributed by atoms with Gasteiger partial charge >= 0.3 is 0 Å². The van der Waals surface area contributed by atoms with Crippen LogP contribution in [-0.2, 0) is 6.42 Å². The standard InChI is InChI=1S/C16H16N2O/c17-14-5-1-3-12(10-14)16(19)13-6-7-15-11(9-13)4-2-8-18-15/h1,3,5-7,9-10,18H,2,4,8,17H2. The molecule has 0 bridgehead atoms. The molecule has 3 heteroatoms. The van der Waals surface area contributed by atoms with E-state index in [1.165, 1.54) is 5.56 Å². The van der Waals surface area contributed by atoms with Crippen molar-refractivity contribution in [1.82, 2.24) is 0 Å². The molecule has 0 aromatic heterocycles. The van der Waals surface area contributed by atoms with Gasteiger partial charge in [0.05, 0.1) is 0 Å². The van der Waals surface area contributed by atoms with Crippen molar-refractivity contribution in [2.45, 2.75) is 12.8 Å². The second kappa shape index (κ2) is 4.76. The average Bonchev–Trinajstić information content (AvgIpc) is 2.46. The van der Waals surface area contributed by atoms with E-state index in [1.54, 1.807) is 18.2 Å². The maximum Gasteiger partial charge on any atom is 0.193 e. The van der Waals surface area contributed by atoms with E-state index < -0.39 is 0 Å². The fourth-order valence-electron chi connectivity index (χ4n) is 2.46. The van der Waals surface area contributed by atoms with Crippen LogP contribution in [0, 0.1) is 0 Å². The van der Waals surface area contributed by atoms with Gasteiger partial charge in [-0.25, -0.2) is 0 Å². The lowest BCUT2D eigenvalue weighted by atomic mass is 9.96. The first-order chi connectivity index (χ1) is 9.24. The van der Waals surface area contributed by atoms with Gasteiger partial charge in [0.2, 0.25) is 0 Å². The summed E-state index contributed by atoms with van der Waals surface area (Å²) in [6.07, 6.45) is 2.14. The van der Waals surface area contributed by atoms with Crippen molar-refractivity contribution in [3.05, 3.63) is 59.2 Å². The Morgan fingerprint density at radius 3 is 2.79 bits per heavy atom. The molecule has 96 valence electrons. The summed E-state index contributed by atoms with van der Waals surface area (Å²) in [6.45, 7) is 1.01. The summed E-state index contributed by atoms with van der Waals surface area (Å²) in [5.41, 5.74) is 10.1. The Bertz CT molecular complexity index is 634. The lowest BCUT2D eigenvalue weighted by Crippen LogP contribution is -2.12. The number of nitrogen functional groups attached to an aromatic ring is 1. The molecule has 0 saturated carbocycles. The highest BCUT2D eigenvalue weighted by Crippen LogP contribution is 2.24. The van der Waals surface area contributed by atoms with Crippen LogP contribution in [0.1, 0.15) is 27.9 Å². The van der Waals surface area contributed by atoms with Gasteiger partial charge in [0.25, 0.3) is 0 Å². The largest absolute Gasteiger partial charge is 0.399 e. The van der Waals surface area contributed by atoms with Crippen molar-refractivity contribution in [1.29, 1.82) is 0 Å². The molecule has 0 unspecified atom stereocenters. The molecule has 2 aromatic carbocycles. The smallest absolute Gasteiger partial charge is 0.193 e. The molecular weight excluding hydrogens is 236 g/mol. The number of aryl methyl sites for hydroxylation is 1. The first kappa shape index (κ1) is 11.8. The molecule has 2 aromatic rings. The Hall–Kier alpha value is -2.29. The summed E-state index contributed by atoms with van der Waals surface area (Å²) in [5, 5.41) is 3.35. The van der Waals surface area contributed by atoms with E-state index in [2.05, 4.69) is 5.32 Å². The van der Waals surface area contributed by atoms with E-state index in [1.807, 2.05) is 24.3 Å². The van der Waals surface area contributed by atoms with E-state index in [0.29, 0.717) is 11.3 Å². The van der Waals surface area contributed by atoms with E-state index in [0.717, 1.165) is 30.6 Å². The maximum absolute atomic E-state index is 12.4. The number of nitrogens with one attached hydrogen (secondary N) is 1. The normalized spacial score (nSPS) is 13.5. The molecule has 0 aliphatic carbocycles. The zero-order valence-electron chi connectivity index (χ0n) is 10.6. The highest BCUT2D eigenvalue weighted by molar-refractivity contribution is 6.09. The molecule has 3 nitrogen and oxygen atoms in total. The number of nitrogens with two attached hydrogens (primary N) is 1. The molecule has 0 amide bonds. The Labute approximate surface area is 112 Å². The van der Waals surface area contributed by atoms with E-state index in [-0.39, 0.29) is 5.78 Å². The molecule has 1 heterocycles. The molecule has 3 N–H and O–H groups in total. The van der Waals surface area contributed by atoms with Gasteiger partial charge in [-0.15, -0.1) is 0 Å². The van der Waals surface area contributed by atoms with Crippen LogP contribution in [0.2, 0.25) is 0 Å². The predicted molar refractivity (Wildman–Crippen MR) is 77.5 cm³/mol. The molecule has 0 saturated heterocycles. The van der Waals surface area contributed by atoms with Crippen LogP contribution >= 0.6 is 0 Å². The topological polar surface area (TPSA) is 55.1 Å². The second-order valence-corrected chi connectivity index (χ2v) is 4.86. The molecule has 1 aliphatic heterocycles. The van der Waals surface area contributed by atoms with E-state index >= 15 is 0 Å². The number of rotatable bonds is 2. The summed E-state index contributed by atoms with van der Waals surface area (Å²) in [5.74, 6) is 0.0284. The second-order valence-electron chi connectivity index (χ2n) is 4.86. The lowest BCUT2D eigenvalue weighted by molar-refractivity contribution is 0.103. The van der Waals surface area contributed by atoms with Gasteiger partial charge in [-0.3, -0.25) is 4.79 Å². The third-order valence-corrected chi connectivity index (χ3v) is 3.45. The number of anilines is 2. The zero-order valence-corrected chi connectivity index (χ0v) is 10.6. The zero-order chi connectivity index (χ0) is 13.2. The van der Waals surface area contributed by atoms with Gasteiger partial charge in [-0.05, 0) is 48.7 Å². The van der Waals surface area contributed by atoms with Crippen LogP contribution in [0.5, 0.6) is 0 Å². The molecule has 3 rings (SSSR count). The van der Waals surface area contributed by atoms with Crippen LogP contribution < -0.4 is 11.1 Å². The maximum atomic E-state index is 12.4. The van der Waals surface area contributed by atoms with Crippen molar-refractivity contribution >= 4 is 17.2 Å². The Balaban J connectivity index is 1.96. The minimum Gasteiger partial charge on any atom is -0.399 e. The number of ketones is 1. The van der Waals surface area contributed by atoms with Gasteiger partial charge in [0.15, 0.2) is 5.78 Å². The SMILES string of the molecule is Nc1cccc(C(=O)c2ccc3c(c2)CCCN3)c1. The average molecular weight is 252 g/mol.